The van der Waals surface area contributed by atoms with Crippen molar-refractivity contribution in [1.29, 1.82) is 10.5 Å². The van der Waals surface area contributed by atoms with Crippen molar-refractivity contribution in [2.24, 2.45) is 0 Å². The molecule has 440 valence electrons. The van der Waals surface area contributed by atoms with E-state index >= 15 is 4.57 Å². The standard InChI is InChI=1S/C58H81N10O12P/c1-6-7-8-9-10-11-12-13-14-15-16-17-18-19-20-24-31-70-33-42(71-32-41-25-22-21-23-26-41)34-72-81(69,73-35-45-49-51(79-55(2,3)77-49)57(37-59,75-45)47-29-27-43-53(61)63-39-65-67(43)47)74-36-46-50-52(80-56(4,5)78-50)58(38-60,76-46)48-30-28-44-54(62)64-40-66-68(44)48/h21-23,25-30,39-40,42,45-46,49-52H,6-20,24,31-36H2,1-5H3,(H2,61,63,65)(H2,62,64,66)/t42-,45-,46-,49-,50-,51-,52-,57+,58+/m1/s1. The zero-order valence-electron chi connectivity index (χ0n) is 47.5. The van der Waals surface area contributed by atoms with Gasteiger partial charge < -0.3 is 49.4 Å². The lowest BCUT2D eigenvalue weighted by Gasteiger charge is -2.30. The molecule has 0 amide bonds. The summed E-state index contributed by atoms with van der Waals surface area (Å²) in [5.41, 5.74) is 11.2. The number of nitriles is 2. The Bertz CT molecular complexity index is 2820. The quantitative estimate of drug-likeness (QED) is 0.0292. The van der Waals surface area contributed by atoms with Crippen molar-refractivity contribution in [2.45, 2.75) is 209 Å². The maximum Gasteiger partial charge on any atom is 0.475 e. The van der Waals surface area contributed by atoms with Crippen LogP contribution in [0, 0.1) is 22.7 Å². The number of ether oxygens (including phenoxy) is 8. The number of phosphoric ester groups is 1. The second kappa shape index (κ2) is 27.0. The van der Waals surface area contributed by atoms with Crippen LogP contribution in [-0.4, -0.2) is 117 Å². The Morgan fingerprint density at radius 1 is 0.605 bits per heavy atom. The number of rotatable bonds is 33. The summed E-state index contributed by atoms with van der Waals surface area (Å²) in [5, 5.41) is 30.9. The average Bonchev–Trinajstić information content (AvgIpc) is 3.32. The van der Waals surface area contributed by atoms with E-state index in [0.29, 0.717) is 29.0 Å². The molecule has 4 N–H and O–H groups in total. The highest BCUT2D eigenvalue weighted by molar-refractivity contribution is 7.48. The number of phosphoric acid groups is 1. The predicted octanol–water partition coefficient (Wildman–Crippen LogP) is 9.93. The smallest absolute Gasteiger partial charge is 0.382 e. The van der Waals surface area contributed by atoms with Crippen LogP contribution in [0.25, 0.3) is 11.0 Å². The van der Waals surface area contributed by atoms with Crippen LogP contribution < -0.4 is 11.5 Å². The Kier molecular flexibility index (Phi) is 20.2. The minimum atomic E-state index is -4.74. The van der Waals surface area contributed by atoms with Crippen molar-refractivity contribution in [3.8, 4) is 12.1 Å². The van der Waals surface area contributed by atoms with Crippen LogP contribution in [0.3, 0.4) is 0 Å². The van der Waals surface area contributed by atoms with Crippen molar-refractivity contribution in [3.63, 3.8) is 0 Å². The summed E-state index contributed by atoms with van der Waals surface area (Å²) in [4.78, 5) is 8.20. The van der Waals surface area contributed by atoms with Crippen LogP contribution in [0.5, 0.6) is 0 Å². The van der Waals surface area contributed by atoms with Crippen molar-refractivity contribution < 1.29 is 56.0 Å². The fraction of sp³-hybridized carbons (Fsp3) is 0.655. The molecule has 81 heavy (non-hydrogen) atoms. The molecule has 8 heterocycles. The van der Waals surface area contributed by atoms with Gasteiger partial charge >= 0.3 is 7.82 Å². The molecule has 0 radical (unpaired) electrons. The van der Waals surface area contributed by atoms with E-state index in [-0.39, 0.29) is 31.5 Å². The normalized spacial score (nSPS) is 26.0. The Balaban J connectivity index is 0.888. The highest BCUT2D eigenvalue weighted by Gasteiger charge is 2.67. The molecular weight excluding hydrogens is 1060 g/mol. The topological polar surface area (TPSA) is 279 Å². The second-order valence-electron chi connectivity index (χ2n) is 22.5. The summed E-state index contributed by atoms with van der Waals surface area (Å²) < 4.78 is 88.9. The molecule has 0 unspecified atom stereocenters. The number of aromatic nitrogens is 6. The summed E-state index contributed by atoms with van der Waals surface area (Å²) in [6.07, 6.45) is 16.1. The predicted molar refractivity (Wildman–Crippen MR) is 298 cm³/mol. The molecule has 9 rings (SSSR count). The molecular formula is C58H81N10O12P. The van der Waals surface area contributed by atoms with Gasteiger partial charge in [0.25, 0.3) is 0 Å². The monoisotopic (exact) mass is 1140 g/mol. The highest BCUT2D eigenvalue weighted by Crippen LogP contribution is 2.56. The third-order valence-corrected chi connectivity index (χ3v) is 16.9. The molecule has 1 aromatic carbocycles. The summed E-state index contributed by atoms with van der Waals surface area (Å²) in [7, 11) is -4.74. The lowest BCUT2D eigenvalue weighted by molar-refractivity contribution is -0.205. The number of benzene rings is 1. The van der Waals surface area contributed by atoms with Crippen molar-refractivity contribution >= 4 is 30.5 Å². The van der Waals surface area contributed by atoms with Gasteiger partial charge in [-0.3, -0.25) is 13.6 Å². The van der Waals surface area contributed by atoms with Crippen molar-refractivity contribution in [1.82, 2.24) is 29.2 Å². The van der Waals surface area contributed by atoms with E-state index in [1.807, 2.05) is 30.3 Å². The van der Waals surface area contributed by atoms with Crippen molar-refractivity contribution in [3.05, 3.63) is 84.2 Å². The van der Waals surface area contributed by atoms with Gasteiger partial charge in [-0.1, -0.05) is 134 Å². The van der Waals surface area contributed by atoms with E-state index < -0.39 is 86.5 Å². The number of hydrogen-bond acceptors (Lipinski definition) is 20. The van der Waals surface area contributed by atoms with Crippen LogP contribution in [-0.2, 0) is 73.8 Å². The van der Waals surface area contributed by atoms with Gasteiger partial charge in [0.05, 0.1) is 44.4 Å². The molecule has 0 bridgehead atoms. The van der Waals surface area contributed by atoms with Crippen LogP contribution in [0.15, 0.2) is 67.3 Å². The number of nitrogen functional groups attached to an aromatic ring is 2. The minimum absolute atomic E-state index is 0.116. The van der Waals surface area contributed by atoms with E-state index in [2.05, 4.69) is 39.2 Å². The molecule has 23 heteroatoms. The molecule has 4 aliphatic heterocycles. The number of unbranched alkanes of at least 4 members (excludes halogenated alkanes) is 15. The molecule has 0 aliphatic carbocycles. The third kappa shape index (κ3) is 14.1. The fourth-order valence-electron chi connectivity index (χ4n) is 11.4. The zero-order chi connectivity index (χ0) is 57.1. The van der Waals surface area contributed by atoms with Gasteiger partial charge in [0.2, 0.25) is 11.2 Å². The van der Waals surface area contributed by atoms with Crippen LogP contribution >= 0.6 is 7.82 Å². The SMILES string of the molecule is CCCCCCCCCCCCCCCCCCOC[C@H](COP(=O)(OC[C@H]1O[C@@](C#N)(c2ccc3c(N)ncnn23)[C@@H]2OC(C)(C)O[C@@H]21)OC[C@H]1O[C@@](C#N)(c2ccc3c(N)ncnn23)[C@@H]2OC(C)(C)O[C@@H]21)OCc1ccccc1. The molecule has 4 fully saturated rings. The number of fused-ring (bicyclic) bond motifs is 4. The largest absolute Gasteiger partial charge is 0.475 e. The molecule has 4 aromatic heterocycles. The van der Waals surface area contributed by atoms with E-state index in [9.17, 15) is 10.5 Å². The van der Waals surface area contributed by atoms with Gasteiger partial charge in [-0.05, 0) is 63.9 Å². The minimum Gasteiger partial charge on any atom is -0.382 e. The van der Waals surface area contributed by atoms with Gasteiger partial charge in [0.1, 0.15) is 78.6 Å². The summed E-state index contributed by atoms with van der Waals surface area (Å²) in [5.74, 6) is -1.96. The highest BCUT2D eigenvalue weighted by atomic mass is 31.2. The first-order chi connectivity index (χ1) is 39.1. The van der Waals surface area contributed by atoms with E-state index in [1.165, 1.54) is 105 Å². The number of nitrogens with zero attached hydrogens (tertiary/aromatic N) is 8. The lowest BCUT2D eigenvalue weighted by Crippen LogP contribution is -2.40. The number of anilines is 2. The zero-order valence-corrected chi connectivity index (χ0v) is 48.4. The Morgan fingerprint density at radius 3 is 1.52 bits per heavy atom. The summed E-state index contributed by atoms with van der Waals surface area (Å²) in [6.45, 7) is 8.74. The van der Waals surface area contributed by atoms with E-state index in [0.717, 1.165) is 24.8 Å². The van der Waals surface area contributed by atoms with Gasteiger partial charge in [-0.25, -0.2) is 23.6 Å². The average molecular weight is 1140 g/mol. The van der Waals surface area contributed by atoms with E-state index in [4.69, 9.17) is 62.9 Å². The van der Waals surface area contributed by atoms with Crippen LogP contribution in [0.2, 0.25) is 0 Å². The Hall–Kier alpha value is -5.17. The van der Waals surface area contributed by atoms with Crippen LogP contribution in [0.1, 0.15) is 154 Å². The Labute approximate surface area is 474 Å². The second-order valence-corrected chi connectivity index (χ2v) is 24.2. The molecule has 9 atom stereocenters. The third-order valence-electron chi connectivity index (χ3n) is 15.5. The van der Waals surface area contributed by atoms with Crippen molar-refractivity contribution in [2.75, 3.05) is 44.5 Å². The maximum absolute atomic E-state index is 15.5. The molecule has 22 nitrogen and oxygen atoms in total. The molecule has 5 aromatic rings. The van der Waals surface area contributed by atoms with Gasteiger partial charge in [0.15, 0.2) is 23.2 Å². The first-order valence-corrected chi connectivity index (χ1v) is 30.4. The first kappa shape index (κ1) is 60.4. The number of hydrogen-bond donors (Lipinski definition) is 2. The molecule has 4 saturated heterocycles. The maximum atomic E-state index is 15.5. The fourth-order valence-corrected chi connectivity index (χ4v) is 12.7. The lowest BCUT2D eigenvalue weighted by atomic mass is 9.92. The summed E-state index contributed by atoms with van der Waals surface area (Å²) >= 11 is 0. The number of nitrogens with two attached hydrogens (primary N) is 2. The van der Waals surface area contributed by atoms with Gasteiger partial charge in [-0.15, -0.1) is 0 Å². The van der Waals surface area contributed by atoms with E-state index in [1.54, 1.807) is 52.0 Å². The van der Waals surface area contributed by atoms with Gasteiger partial charge in [0, 0.05) is 6.61 Å². The molecule has 0 saturated carbocycles. The molecule has 4 aliphatic rings. The van der Waals surface area contributed by atoms with Crippen LogP contribution in [0.4, 0.5) is 11.6 Å². The first-order valence-electron chi connectivity index (χ1n) is 29.0. The molecule has 0 spiro atoms. The summed E-state index contributed by atoms with van der Waals surface area (Å²) in [6, 6.07) is 21.0. The van der Waals surface area contributed by atoms with Gasteiger partial charge in [-0.2, -0.15) is 20.7 Å². The Morgan fingerprint density at radius 2 is 1.06 bits per heavy atom.